The van der Waals surface area contributed by atoms with Crippen LogP contribution >= 0.6 is 11.3 Å². The standard InChI is InChI=1S/C15H24N2S/c1-6-15(16-8-1)13-4-2-9-17(12-13)10-7-14-5-3-11-18-14/h3,5,11,13,15-16H,1-2,4,6-10,12H2. The number of hydrogen-bond donors (Lipinski definition) is 1. The predicted octanol–water partition coefficient (Wildman–Crippen LogP) is 2.75. The highest BCUT2D eigenvalue weighted by Crippen LogP contribution is 2.25. The summed E-state index contributed by atoms with van der Waals surface area (Å²) in [6.07, 6.45) is 6.86. The molecule has 0 aliphatic carbocycles. The third-order valence-corrected chi connectivity index (χ3v) is 5.40. The molecule has 2 aliphatic heterocycles. The van der Waals surface area contributed by atoms with E-state index < -0.39 is 0 Å². The van der Waals surface area contributed by atoms with Crippen LogP contribution in [0.25, 0.3) is 0 Å². The normalized spacial score (nSPS) is 29.8. The Kier molecular flexibility index (Phi) is 4.34. The Morgan fingerprint density at radius 2 is 2.33 bits per heavy atom. The van der Waals surface area contributed by atoms with Gasteiger partial charge in [0, 0.05) is 24.0 Å². The van der Waals surface area contributed by atoms with Crippen molar-refractivity contribution in [3.63, 3.8) is 0 Å². The number of rotatable bonds is 4. The maximum atomic E-state index is 3.69. The van der Waals surface area contributed by atoms with Gasteiger partial charge in [0.15, 0.2) is 0 Å². The van der Waals surface area contributed by atoms with E-state index in [0.717, 1.165) is 12.0 Å². The molecule has 0 amide bonds. The molecule has 3 heterocycles. The first-order valence-electron chi connectivity index (χ1n) is 7.40. The molecule has 2 nitrogen and oxygen atoms in total. The molecule has 100 valence electrons. The highest BCUT2D eigenvalue weighted by Gasteiger charge is 2.28. The highest BCUT2D eigenvalue weighted by atomic mass is 32.1. The summed E-state index contributed by atoms with van der Waals surface area (Å²) in [5.41, 5.74) is 0. The monoisotopic (exact) mass is 264 g/mol. The average Bonchev–Trinajstić information content (AvgIpc) is 3.10. The van der Waals surface area contributed by atoms with Crippen molar-refractivity contribution in [1.29, 1.82) is 0 Å². The third-order valence-electron chi connectivity index (χ3n) is 4.46. The minimum atomic E-state index is 0.814. The summed E-state index contributed by atoms with van der Waals surface area (Å²) in [6, 6.07) is 5.25. The van der Waals surface area contributed by atoms with Gasteiger partial charge < -0.3 is 10.2 Å². The highest BCUT2D eigenvalue weighted by molar-refractivity contribution is 7.09. The summed E-state index contributed by atoms with van der Waals surface area (Å²) >= 11 is 1.90. The van der Waals surface area contributed by atoms with Gasteiger partial charge in [0.25, 0.3) is 0 Å². The van der Waals surface area contributed by atoms with Gasteiger partial charge in [0.1, 0.15) is 0 Å². The van der Waals surface area contributed by atoms with Crippen LogP contribution in [0, 0.1) is 5.92 Å². The van der Waals surface area contributed by atoms with Crippen molar-refractivity contribution in [1.82, 2.24) is 10.2 Å². The van der Waals surface area contributed by atoms with E-state index in [1.165, 1.54) is 63.2 Å². The topological polar surface area (TPSA) is 15.3 Å². The van der Waals surface area contributed by atoms with Crippen LogP contribution in [0.3, 0.4) is 0 Å². The van der Waals surface area contributed by atoms with E-state index in [9.17, 15) is 0 Å². The van der Waals surface area contributed by atoms with E-state index in [0.29, 0.717) is 0 Å². The Balaban J connectivity index is 1.47. The lowest BCUT2D eigenvalue weighted by Gasteiger charge is -2.35. The van der Waals surface area contributed by atoms with Crippen molar-refractivity contribution in [3.8, 4) is 0 Å². The minimum absolute atomic E-state index is 0.814. The van der Waals surface area contributed by atoms with Crippen LogP contribution in [0.15, 0.2) is 17.5 Å². The number of thiophene rings is 1. The fourth-order valence-corrected chi connectivity index (χ4v) is 4.16. The van der Waals surface area contributed by atoms with Crippen LogP contribution in [0.1, 0.15) is 30.6 Å². The smallest absolute Gasteiger partial charge is 0.0108 e. The summed E-state index contributed by atoms with van der Waals surface area (Å²) in [5.74, 6) is 0.907. The number of nitrogens with zero attached hydrogens (tertiary/aromatic N) is 1. The Morgan fingerprint density at radius 1 is 1.33 bits per heavy atom. The lowest BCUT2D eigenvalue weighted by molar-refractivity contribution is 0.153. The summed E-state index contributed by atoms with van der Waals surface area (Å²) in [4.78, 5) is 4.23. The van der Waals surface area contributed by atoms with Gasteiger partial charge in [0.05, 0.1) is 0 Å². The van der Waals surface area contributed by atoms with E-state index >= 15 is 0 Å². The van der Waals surface area contributed by atoms with Crippen LogP contribution < -0.4 is 5.32 Å². The lowest BCUT2D eigenvalue weighted by atomic mass is 9.90. The average molecular weight is 264 g/mol. The molecular formula is C15H24N2S. The fourth-order valence-electron chi connectivity index (χ4n) is 3.46. The SMILES string of the molecule is c1csc(CCN2CCCC(C3CCCN3)C2)c1. The first-order chi connectivity index (χ1) is 8.92. The first-order valence-corrected chi connectivity index (χ1v) is 8.28. The number of hydrogen-bond acceptors (Lipinski definition) is 3. The Morgan fingerprint density at radius 3 is 3.11 bits per heavy atom. The van der Waals surface area contributed by atoms with Gasteiger partial charge in [-0.25, -0.2) is 0 Å². The molecule has 3 heteroatoms. The van der Waals surface area contributed by atoms with E-state index in [2.05, 4.69) is 27.7 Å². The Labute approximate surface area is 114 Å². The van der Waals surface area contributed by atoms with Crippen LogP contribution in [-0.2, 0) is 6.42 Å². The number of likely N-dealkylation sites (tertiary alicyclic amines) is 1. The van der Waals surface area contributed by atoms with Crippen LogP contribution in [0.5, 0.6) is 0 Å². The molecule has 2 atom stereocenters. The molecule has 2 aliphatic rings. The third kappa shape index (κ3) is 3.14. The zero-order valence-corrected chi connectivity index (χ0v) is 11.9. The van der Waals surface area contributed by atoms with E-state index in [-0.39, 0.29) is 0 Å². The molecule has 1 aromatic heterocycles. The Bertz CT molecular complexity index is 343. The molecule has 18 heavy (non-hydrogen) atoms. The molecule has 2 saturated heterocycles. The second kappa shape index (κ2) is 6.18. The van der Waals surface area contributed by atoms with Crippen LogP contribution in [-0.4, -0.2) is 37.1 Å². The molecule has 0 bridgehead atoms. The van der Waals surface area contributed by atoms with Crippen LogP contribution in [0.2, 0.25) is 0 Å². The van der Waals surface area contributed by atoms with Gasteiger partial charge >= 0.3 is 0 Å². The molecule has 3 rings (SSSR count). The lowest BCUT2D eigenvalue weighted by Crippen LogP contribution is -2.44. The van der Waals surface area contributed by atoms with Crippen LogP contribution in [0.4, 0.5) is 0 Å². The van der Waals surface area contributed by atoms with Crippen molar-refractivity contribution in [2.75, 3.05) is 26.2 Å². The van der Waals surface area contributed by atoms with Crippen molar-refractivity contribution in [2.24, 2.45) is 5.92 Å². The maximum absolute atomic E-state index is 3.69. The predicted molar refractivity (Wildman–Crippen MR) is 78.2 cm³/mol. The summed E-state index contributed by atoms with van der Waals surface area (Å²) < 4.78 is 0. The van der Waals surface area contributed by atoms with Gasteiger partial charge in [-0.3, -0.25) is 0 Å². The van der Waals surface area contributed by atoms with Crippen molar-refractivity contribution >= 4 is 11.3 Å². The molecule has 1 aromatic rings. The van der Waals surface area contributed by atoms with Gasteiger partial charge in [-0.2, -0.15) is 0 Å². The second-order valence-corrected chi connectivity index (χ2v) is 6.77. The minimum Gasteiger partial charge on any atom is -0.314 e. The molecule has 0 radical (unpaired) electrons. The Hall–Kier alpha value is -0.380. The van der Waals surface area contributed by atoms with Gasteiger partial charge in [-0.15, -0.1) is 11.3 Å². The molecule has 0 spiro atoms. The second-order valence-electron chi connectivity index (χ2n) is 5.74. The number of nitrogens with one attached hydrogen (secondary N) is 1. The molecule has 0 aromatic carbocycles. The molecule has 1 N–H and O–H groups in total. The first kappa shape index (κ1) is 12.6. The molecule has 2 fully saturated rings. The summed E-state index contributed by atoms with van der Waals surface area (Å²) in [5, 5.41) is 5.88. The molecular weight excluding hydrogens is 240 g/mol. The summed E-state index contributed by atoms with van der Waals surface area (Å²) in [6.45, 7) is 5.14. The van der Waals surface area contributed by atoms with E-state index in [1.54, 1.807) is 0 Å². The zero-order valence-electron chi connectivity index (χ0n) is 11.1. The quantitative estimate of drug-likeness (QED) is 0.899. The van der Waals surface area contributed by atoms with Crippen molar-refractivity contribution in [2.45, 2.75) is 38.1 Å². The van der Waals surface area contributed by atoms with Crippen molar-refractivity contribution < 1.29 is 0 Å². The van der Waals surface area contributed by atoms with Gasteiger partial charge in [-0.05, 0) is 62.6 Å². The van der Waals surface area contributed by atoms with E-state index in [1.807, 2.05) is 11.3 Å². The maximum Gasteiger partial charge on any atom is 0.0108 e. The largest absolute Gasteiger partial charge is 0.314 e. The van der Waals surface area contributed by atoms with E-state index in [4.69, 9.17) is 0 Å². The van der Waals surface area contributed by atoms with Crippen molar-refractivity contribution in [3.05, 3.63) is 22.4 Å². The van der Waals surface area contributed by atoms with Gasteiger partial charge in [-0.1, -0.05) is 6.07 Å². The number of piperidine rings is 1. The molecule has 2 unspecified atom stereocenters. The fraction of sp³-hybridized carbons (Fsp3) is 0.733. The summed E-state index contributed by atoms with van der Waals surface area (Å²) in [7, 11) is 0. The van der Waals surface area contributed by atoms with Gasteiger partial charge in [0.2, 0.25) is 0 Å². The zero-order chi connectivity index (χ0) is 12.2. The molecule has 0 saturated carbocycles.